The zero-order valence-electron chi connectivity index (χ0n) is 22.9. The average molecular weight is 656 g/mol. The second-order valence-corrected chi connectivity index (χ2v) is 19.0. The van der Waals surface area contributed by atoms with Crippen molar-refractivity contribution in [3.63, 3.8) is 0 Å². The fourth-order valence-corrected chi connectivity index (χ4v) is 13.5. The van der Waals surface area contributed by atoms with Gasteiger partial charge < -0.3 is 0 Å². The minimum absolute atomic E-state index is 0.0359. The third kappa shape index (κ3) is 5.19. The molecule has 0 saturated carbocycles. The second kappa shape index (κ2) is 11.9. The first-order valence-electron chi connectivity index (χ1n) is 13.8. The summed E-state index contributed by atoms with van der Waals surface area (Å²) in [6, 6.07) is 46.3. The van der Waals surface area contributed by atoms with Gasteiger partial charge in [0.1, 0.15) is 0 Å². The van der Waals surface area contributed by atoms with Crippen molar-refractivity contribution >= 4 is 63.4 Å². The van der Waals surface area contributed by atoms with Gasteiger partial charge in [-0.25, -0.2) is 0 Å². The van der Waals surface area contributed by atoms with Gasteiger partial charge in [0.05, 0.1) is 0 Å². The van der Waals surface area contributed by atoms with E-state index in [4.69, 9.17) is 11.2 Å². The molecule has 1 N–H and O–H groups in total. The second-order valence-electron chi connectivity index (χ2n) is 10.3. The van der Waals surface area contributed by atoms with Crippen molar-refractivity contribution in [3.05, 3.63) is 155 Å². The van der Waals surface area contributed by atoms with E-state index in [0.717, 1.165) is 36.8 Å². The molecule has 0 aliphatic rings. The molecule has 7 heteroatoms. The van der Waals surface area contributed by atoms with E-state index in [2.05, 4.69) is 41.7 Å². The van der Waals surface area contributed by atoms with E-state index >= 15 is 0 Å². The van der Waals surface area contributed by atoms with Gasteiger partial charge in [-0.05, 0) is 0 Å². The third-order valence-electron chi connectivity index (χ3n) is 7.76. The van der Waals surface area contributed by atoms with Crippen molar-refractivity contribution in [1.82, 2.24) is 8.88 Å². The summed E-state index contributed by atoms with van der Waals surface area (Å²) in [5.41, 5.74) is 1.78. The van der Waals surface area contributed by atoms with Crippen LogP contribution in [0.5, 0.6) is 0 Å². The van der Waals surface area contributed by atoms with Gasteiger partial charge >= 0.3 is 257 Å². The zero-order valence-corrected chi connectivity index (χ0v) is 26.3. The van der Waals surface area contributed by atoms with Crippen molar-refractivity contribution in [2.45, 2.75) is 6.42 Å². The Morgan fingerprint density at radius 1 is 0.690 bits per heavy atom. The van der Waals surface area contributed by atoms with Gasteiger partial charge in [0, 0.05) is 0 Å². The van der Waals surface area contributed by atoms with Gasteiger partial charge in [-0.15, -0.1) is 0 Å². The number of carbonyl (C=O) groups excluding carboxylic acids is 1. The Balaban J connectivity index is 1.22. The minimum atomic E-state index is -3.43. The topological polar surface area (TPSA) is 51.1 Å². The van der Waals surface area contributed by atoms with E-state index in [0.29, 0.717) is 12.7 Å². The number of hydrogen-bond acceptors (Lipinski definition) is 2. The molecule has 0 fully saturated rings. The van der Waals surface area contributed by atoms with Crippen LogP contribution in [0.4, 0.5) is 0 Å². The van der Waals surface area contributed by atoms with Crippen LogP contribution < -0.4 is 26.8 Å². The van der Waals surface area contributed by atoms with Crippen molar-refractivity contribution in [1.29, 1.82) is 0 Å². The summed E-state index contributed by atoms with van der Waals surface area (Å²) in [6.45, 7) is 0.431. The monoisotopic (exact) mass is 656 g/mol. The number of amides is 1. The molecule has 1 heterocycles. The number of benzene rings is 5. The molecule has 4 nitrogen and oxygen atoms in total. The van der Waals surface area contributed by atoms with Crippen LogP contribution in [0.1, 0.15) is 5.56 Å². The molecule has 1 amide bonds. The summed E-state index contributed by atoms with van der Waals surface area (Å²) < 4.78 is 2.93. The SMILES string of the molecule is O=C(Cc1ccc(-n2[se]c3ccccc3c2=O)cc1)NCCP(Cl)(c1ccccc1)(c1ccccc1)c1ccccc1. The van der Waals surface area contributed by atoms with Crippen LogP contribution in [-0.4, -0.2) is 36.9 Å². The summed E-state index contributed by atoms with van der Waals surface area (Å²) in [7, 11) is 0. The molecule has 0 bridgehead atoms. The molecule has 5 aromatic carbocycles. The van der Waals surface area contributed by atoms with Crippen LogP contribution in [0.2, 0.25) is 0 Å². The number of aromatic nitrogens is 1. The summed E-state index contributed by atoms with van der Waals surface area (Å²) in [6.07, 6.45) is 0.829. The molecule has 0 spiro atoms. The average Bonchev–Trinajstić information content (AvgIpc) is 3.39. The summed E-state index contributed by atoms with van der Waals surface area (Å²) in [5.74, 6) is -3.50. The predicted molar refractivity (Wildman–Crippen MR) is 179 cm³/mol. The van der Waals surface area contributed by atoms with Crippen LogP contribution in [0.15, 0.2) is 144 Å². The standard InChI is InChI=1S/C35H30ClN2O2PSe/c36-41(29-12-4-1-5-13-29,30-14-6-2-7-15-30,31-16-8-3-9-17-31)25-24-37-34(39)26-27-20-22-28(23-21-27)38-35(40)32-18-10-11-19-33(32)42-38/h1-23H,24-26H2,(H,37,39). The Labute approximate surface area is 256 Å². The van der Waals surface area contributed by atoms with Crippen LogP contribution >= 0.6 is 17.2 Å². The first-order valence-corrected chi connectivity index (χ1v) is 18.8. The number of nitrogens with one attached hydrogen (secondary N) is 1. The fourth-order valence-electron chi connectivity index (χ4n) is 5.60. The molecule has 6 aromatic rings. The van der Waals surface area contributed by atoms with E-state index in [1.807, 2.05) is 107 Å². The van der Waals surface area contributed by atoms with Gasteiger partial charge in [-0.1, -0.05) is 0 Å². The van der Waals surface area contributed by atoms with Crippen molar-refractivity contribution in [2.24, 2.45) is 0 Å². The molecule has 0 aliphatic carbocycles. The van der Waals surface area contributed by atoms with Crippen LogP contribution in [0, 0.1) is 0 Å². The fraction of sp³-hybridized carbons (Fsp3) is 0.0857. The Morgan fingerprint density at radius 2 is 1.19 bits per heavy atom. The van der Waals surface area contributed by atoms with Crippen LogP contribution in [0.3, 0.4) is 0 Å². The van der Waals surface area contributed by atoms with Crippen LogP contribution in [0.25, 0.3) is 15.3 Å². The Bertz CT molecular complexity index is 1790. The number of fused-ring (bicyclic) bond motifs is 1. The quantitative estimate of drug-likeness (QED) is 0.168. The molecule has 6 rings (SSSR count). The Morgan fingerprint density at radius 3 is 1.71 bits per heavy atom. The maximum atomic E-state index is 13.2. The number of hydrogen-bond donors (Lipinski definition) is 1. The molecular weight excluding hydrogens is 626 g/mol. The van der Waals surface area contributed by atoms with E-state index < -0.39 is 5.96 Å². The maximum absolute atomic E-state index is 13.2. The molecule has 0 radical (unpaired) electrons. The van der Waals surface area contributed by atoms with Gasteiger partial charge in [0.15, 0.2) is 0 Å². The molecule has 0 saturated heterocycles. The van der Waals surface area contributed by atoms with Crippen molar-refractivity contribution < 1.29 is 4.79 Å². The Kier molecular flexibility index (Phi) is 8.03. The van der Waals surface area contributed by atoms with E-state index in [-0.39, 0.29) is 32.6 Å². The van der Waals surface area contributed by atoms with Gasteiger partial charge in [-0.3, -0.25) is 0 Å². The number of rotatable bonds is 9. The molecule has 0 atom stereocenters. The normalized spacial score (nSPS) is 12.5. The van der Waals surface area contributed by atoms with Gasteiger partial charge in [-0.2, -0.15) is 0 Å². The van der Waals surface area contributed by atoms with Crippen molar-refractivity contribution in [3.8, 4) is 5.69 Å². The first kappa shape index (κ1) is 28.4. The number of carbonyl (C=O) groups is 1. The first-order chi connectivity index (χ1) is 20.5. The zero-order chi connectivity index (χ0) is 29.0. The van der Waals surface area contributed by atoms with Crippen LogP contribution in [-0.2, 0) is 11.2 Å². The summed E-state index contributed by atoms with van der Waals surface area (Å²) in [4.78, 5) is 26.0. The molecular formula is C35H30ClN2O2PSe. The molecule has 1 aromatic heterocycles. The number of nitrogens with zero attached hydrogens (tertiary/aromatic N) is 1. The van der Waals surface area contributed by atoms with Crippen molar-refractivity contribution in [2.75, 3.05) is 12.7 Å². The summed E-state index contributed by atoms with van der Waals surface area (Å²) in [5, 5.41) is 7.16. The van der Waals surface area contributed by atoms with E-state index in [1.54, 1.807) is 0 Å². The predicted octanol–water partition coefficient (Wildman–Crippen LogP) is 5.39. The van der Waals surface area contributed by atoms with E-state index in [9.17, 15) is 9.59 Å². The Hall–Kier alpha value is -3.72. The summed E-state index contributed by atoms with van der Waals surface area (Å²) >= 11 is 8.00. The van der Waals surface area contributed by atoms with Gasteiger partial charge in [0.2, 0.25) is 0 Å². The molecule has 0 unspecified atom stereocenters. The number of halogens is 1. The molecule has 210 valence electrons. The van der Waals surface area contributed by atoms with Gasteiger partial charge in [0.25, 0.3) is 0 Å². The molecule has 0 aliphatic heterocycles. The molecule has 42 heavy (non-hydrogen) atoms. The third-order valence-corrected chi connectivity index (χ3v) is 17.5. The van der Waals surface area contributed by atoms with E-state index in [1.165, 1.54) is 0 Å².